The van der Waals surface area contributed by atoms with Gasteiger partial charge in [-0.25, -0.2) is 0 Å². The first kappa shape index (κ1) is 16.5. The zero-order valence-corrected chi connectivity index (χ0v) is 12.6. The van der Waals surface area contributed by atoms with Gasteiger partial charge in [-0.05, 0) is 49.6 Å². The largest absolute Gasteiger partial charge is 0.352 e. The Bertz CT molecular complexity index is 448. The van der Waals surface area contributed by atoms with E-state index in [9.17, 15) is 9.59 Å². The summed E-state index contributed by atoms with van der Waals surface area (Å²) < 4.78 is 0. The van der Waals surface area contributed by atoms with E-state index in [0.29, 0.717) is 24.2 Å². The van der Waals surface area contributed by atoms with Gasteiger partial charge < -0.3 is 16.4 Å². The Morgan fingerprint density at radius 3 is 2.50 bits per heavy atom. The highest BCUT2D eigenvalue weighted by atomic mass is 32.2. The molecule has 1 aromatic rings. The Labute approximate surface area is 123 Å². The molecule has 0 fully saturated rings. The summed E-state index contributed by atoms with van der Waals surface area (Å²) in [5.41, 5.74) is 6.99. The van der Waals surface area contributed by atoms with Gasteiger partial charge in [0.25, 0.3) is 5.91 Å². The smallest absolute Gasteiger partial charge is 0.251 e. The molecule has 0 heterocycles. The summed E-state index contributed by atoms with van der Waals surface area (Å²) in [6, 6.07) is 6.24. The van der Waals surface area contributed by atoms with Crippen molar-refractivity contribution in [3.63, 3.8) is 0 Å². The summed E-state index contributed by atoms with van der Waals surface area (Å²) >= 11 is 1.66. The average molecular weight is 295 g/mol. The third kappa shape index (κ3) is 5.22. The fourth-order valence-electron chi connectivity index (χ4n) is 1.58. The van der Waals surface area contributed by atoms with Gasteiger partial charge in [0.15, 0.2) is 0 Å². The Kier molecular flexibility index (Phi) is 7.11. The van der Waals surface area contributed by atoms with Crippen LogP contribution in [0.25, 0.3) is 0 Å². The zero-order valence-electron chi connectivity index (χ0n) is 11.8. The van der Waals surface area contributed by atoms with Crippen molar-refractivity contribution in [2.45, 2.75) is 19.4 Å². The Hall–Kier alpha value is -1.53. The van der Waals surface area contributed by atoms with Gasteiger partial charge in [0.05, 0.1) is 6.04 Å². The number of thioether (sulfide) groups is 1. The normalized spacial score (nSPS) is 11.8. The third-order valence-corrected chi connectivity index (χ3v) is 3.37. The van der Waals surface area contributed by atoms with Crippen LogP contribution in [0.1, 0.15) is 23.7 Å². The van der Waals surface area contributed by atoms with Crippen LogP contribution < -0.4 is 16.4 Å². The van der Waals surface area contributed by atoms with Gasteiger partial charge in [0.1, 0.15) is 0 Å². The molecule has 0 aliphatic carbocycles. The molecule has 1 rings (SSSR count). The van der Waals surface area contributed by atoms with Crippen LogP contribution in [0, 0.1) is 0 Å². The number of hydrogen-bond acceptors (Lipinski definition) is 4. The highest BCUT2D eigenvalue weighted by Crippen LogP contribution is 2.10. The van der Waals surface area contributed by atoms with Crippen molar-refractivity contribution in [1.82, 2.24) is 5.32 Å². The molecule has 20 heavy (non-hydrogen) atoms. The van der Waals surface area contributed by atoms with Crippen LogP contribution in [0.3, 0.4) is 0 Å². The average Bonchev–Trinajstić information content (AvgIpc) is 2.45. The molecule has 1 atom stereocenters. The number of nitrogens with two attached hydrogens (primary N) is 1. The van der Waals surface area contributed by atoms with E-state index in [1.54, 1.807) is 36.0 Å². The van der Waals surface area contributed by atoms with Gasteiger partial charge >= 0.3 is 0 Å². The van der Waals surface area contributed by atoms with Gasteiger partial charge in [-0.1, -0.05) is 0 Å². The van der Waals surface area contributed by atoms with Crippen LogP contribution in [0.15, 0.2) is 24.3 Å². The minimum absolute atomic E-state index is 0.123. The topological polar surface area (TPSA) is 84.2 Å². The number of rotatable bonds is 7. The first-order valence-corrected chi connectivity index (χ1v) is 7.91. The van der Waals surface area contributed by atoms with E-state index in [1.807, 2.05) is 13.2 Å². The maximum atomic E-state index is 11.8. The van der Waals surface area contributed by atoms with Crippen molar-refractivity contribution < 1.29 is 9.59 Å². The predicted octanol–water partition coefficient (Wildman–Crippen LogP) is 1.46. The second-order valence-corrected chi connectivity index (χ2v) is 5.30. The fraction of sp³-hybridized carbons (Fsp3) is 0.429. The quantitative estimate of drug-likeness (QED) is 0.711. The van der Waals surface area contributed by atoms with E-state index in [2.05, 4.69) is 10.6 Å². The number of hydrogen-bond donors (Lipinski definition) is 3. The highest BCUT2D eigenvalue weighted by molar-refractivity contribution is 7.98. The van der Waals surface area contributed by atoms with E-state index < -0.39 is 6.04 Å². The van der Waals surface area contributed by atoms with Crippen LogP contribution in [0.5, 0.6) is 0 Å². The van der Waals surface area contributed by atoms with Crippen molar-refractivity contribution in [1.29, 1.82) is 0 Å². The molecular formula is C14H21N3O2S. The standard InChI is InChI=1S/C14H21N3O2S/c1-3-16-13(18)10-4-6-11(7-5-10)17-14(19)12(15)8-9-20-2/h4-7,12H,3,8-9,15H2,1-2H3,(H,16,18)(H,17,19)/t12-/m0/s1. The lowest BCUT2D eigenvalue weighted by Gasteiger charge is -2.12. The Morgan fingerprint density at radius 1 is 1.30 bits per heavy atom. The van der Waals surface area contributed by atoms with Crippen LogP contribution in [0.4, 0.5) is 5.69 Å². The molecule has 1 aromatic carbocycles. The number of benzene rings is 1. The number of anilines is 1. The summed E-state index contributed by atoms with van der Waals surface area (Å²) in [6.07, 6.45) is 2.62. The molecule has 0 aliphatic rings. The molecule has 6 heteroatoms. The molecule has 2 amide bonds. The van der Waals surface area contributed by atoms with Gasteiger partial charge in [0, 0.05) is 17.8 Å². The Balaban J connectivity index is 2.56. The minimum Gasteiger partial charge on any atom is -0.352 e. The number of nitrogens with one attached hydrogen (secondary N) is 2. The van der Waals surface area contributed by atoms with Crippen LogP contribution >= 0.6 is 11.8 Å². The van der Waals surface area contributed by atoms with E-state index >= 15 is 0 Å². The molecule has 0 saturated carbocycles. The minimum atomic E-state index is -0.509. The van der Waals surface area contributed by atoms with Crippen molar-refractivity contribution in [2.24, 2.45) is 5.73 Å². The summed E-state index contributed by atoms with van der Waals surface area (Å²) in [5.74, 6) is 0.525. The van der Waals surface area contributed by atoms with Gasteiger partial charge in [-0.2, -0.15) is 11.8 Å². The van der Waals surface area contributed by atoms with Gasteiger partial charge in [-0.3, -0.25) is 9.59 Å². The molecule has 5 nitrogen and oxygen atoms in total. The number of carbonyl (C=O) groups is 2. The molecule has 110 valence electrons. The fourth-order valence-corrected chi connectivity index (χ4v) is 2.07. The lowest BCUT2D eigenvalue weighted by Crippen LogP contribution is -2.36. The zero-order chi connectivity index (χ0) is 15.0. The van der Waals surface area contributed by atoms with Crippen molar-refractivity contribution in [2.75, 3.05) is 23.9 Å². The maximum Gasteiger partial charge on any atom is 0.251 e. The van der Waals surface area contributed by atoms with Crippen molar-refractivity contribution >= 4 is 29.3 Å². The highest BCUT2D eigenvalue weighted by Gasteiger charge is 2.13. The van der Waals surface area contributed by atoms with Crippen molar-refractivity contribution in [3.05, 3.63) is 29.8 Å². The van der Waals surface area contributed by atoms with Crippen molar-refractivity contribution in [3.8, 4) is 0 Å². The first-order chi connectivity index (χ1) is 9.58. The molecule has 0 unspecified atom stereocenters. The molecule has 0 bridgehead atoms. The number of amides is 2. The second-order valence-electron chi connectivity index (χ2n) is 4.31. The first-order valence-electron chi connectivity index (χ1n) is 6.52. The van der Waals surface area contributed by atoms with Crippen LogP contribution in [-0.2, 0) is 4.79 Å². The summed E-state index contributed by atoms with van der Waals surface area (Å²) in [7, 11) is 0. The maximum absolute atomic E-state index is 11.8. The summed E-state index contributed by atoms with van der Waals surface area (Å²) in [6.45, 7) is 2.45. The van der Waals surface area contributed by atoms with E-state index in [0.717, 1.165) is 5.75 Å². The molecule has 0 radical (unpaired) electrons. The molecular weight excluding hydrogens is 274 g/mol. The number of carbonyl (C=O) groups excluding carboxylic acids is 2. The third-order valence-electron chi connectivity index (χ3n) is 2.72. The van der Waals surface area contributed by atoms with Gasteiger partial charge in [-0.15, -0.1) is 0 Å². The van der Waals surface area contributed by atoms with Crippen LogP contribution in [-0.4, -0.2) is 36.4 Å². The molecule has 0 saturated heterocycles. The lowest BCUT2D eigenvalue weighted by molar-refractivity contribution is -0.117. The molecule has 0 spiro atoms. The van der Waals surface area contributed by atoms with E-state index in [4.69, 9.17) is 5.73 Å². The molecule has 0 aromatic heterocycles. The van der Waals surface area contributed by atoms with Crippen LogP contribution in [0.2, 0.25) is 0 Å². The monoisotopic (exact) mass is 295 g/mol. The second kappa shape index (κ2) is 8.60. The molecule has 0 aliphatic heterocycles. The van der Waals surface area contributed by atoms with E-state index in [-0.39, 0.29) is 11.8 Å². The molecule has 4 N–H and O–H groups in total. The van der Waals surface area contributed by atoms with E-state index in [1.165, 1.54) is 0 Å². The Morgan fingerprint density at radius 2 is 1.95 bits per heavy atom. The summed E-state index contributed by atoms with van der Waals surface area (Å²) in [4.78, 5) is 23.4. The summed E-state index contributed by atoms with van der Waals surface area (Å²) in [5, 5.41) is 5.46. The predicted molar refractivity (Wildman–Crippen MR) is 84.1 cm³/mol. The van der Waals surface area contributed by atoms with Gasteiger partial charge in [0.2, 0.25) is 5.91 Å². The SMILES string of the molecule is CCNC(=O)c1ccc(NC(=O)[C@@H](N)CCSC)cc1. The lowest BCUT2D eigenvalue weighted by atomic mass is 10.1.